The molecule has 2 heteroatoms. The van der Waals surface area contributed by atoms with Gasteiger partial charge in [0.15, 0.2) is 0 Å². The molecule has 1 fully saturated rings. The lowest BCUT2D eigenvalue weighted by atomic mass is 9.93. The smallest absolute Gasteiger partial charge is 0.128 e. The second-order valence-electron chi connectivity index (χ2n) is 4.96. The van der Waals surface area contributed by atoms with Gasteiger partial charge in [-0.25, -0.2) is 4.39 Å². The minimum absolute atomic E-state index is 0.0277. The molecule has 2 N–H and O–H groups in total. The summed E-state index contributed by atoms with van der Waals surface area (Å²) in [6, 6.07) is 5.14. The highest BCUT2D eigenvalue weighted by atomic mass is 19.1. The molecule has 2 rings (SSSR count). The molecule has 0 aromatic heterocycles. The molecule has 0 heterocycles. The highest BCUT2D eigenvalue weighted by Crippen LogP contribution is 2.61. The average molecular weight is 193 g/mol. The Morgan fingerprint density at radius 1 is 1.36 bits per heavy atom. The third-order valence-electron chi connectivity index (χ3n) is 3.47. The van der Waals surface area contributed by atoms with Gasteiger partial charge in [0.2, 0.25) is 0 Å². The summed E-state index contributed by atoms with van der Waals surface area (Å²) in [5.74, 6) is -0.168. The van der Waals surface area contributed by atoms with E-state index in [2.05, 4.69) is 13.8 Å². The molecule has 0 saturated heterocycles. The van der Waals surface area contributed by atoms with Gasteiger partial charge in [-0.15, -0.1) is 0 Å². The van der Waals surface area contributed by atoms with E-state index in [1.807, 2.05) is 13.0 Å². The van der Waals surface area contributed by atoms with Crippen LogP contribution in [0.2, 0.25) is 0 Å². The number of aryl methyl sites for hydroxylation is 1. The van der Waals surface area contributed by atoms with Crippen molar-refractivity contribution in [3.63, 3.8) is 0 Å². The van der Waals surface area contributed by atoms with Crippen LogP contribution in [0, 0.1) is 18.2 Å². The van der Waals surface area contributed by atoms with Gasteiger partial charge in [0.1, 0.15) is 5.82 Å². The quantitative estimate of drug-likeness (QED) is 0.729. The molecule has 1 aromatic rings. The molecule has 0 radical (unpaired) electrons. The van der Waals surface area contributed by atoms with E-state index < -0.39 is 5.54 Å². The molecule has 1 nitrogen and oxygen atoms in total. The van der Waals surface area contributed by atoms with Gasteiger partial charge in [-0.3, -0.25) is 0 Å². The largest absolute Gasteiger partial charge is 0.321 e. The van der Waals surface area contributed by atoms with Crippen LogP contribution in [0.25, 0.3) is 0 Å². The maximum atomic E-state index is 13.6. The van der Waals surface area contributed by atoms with Crippen LogP contribution < -0.4 is 5.73 Å². The Bertz CT molecular complexity index is 364. The summed E-state index contributed by atoms with van der Waals surface area (Å²) in [6.07, 6.45) is 0.863. The first-order valence-electron chi connectivity index (χ1n) is 4.93. The lowest BCUT2D eigenvalue weighted by Gasteiger charge is -2.18. The van der Waals surface area contributed by atoms with E-state index in [1.54, 1.807) is 6.07 Å². The van der Waals surface area contributed by atoms with Gasteiger partial charge in [-0.1, -0.05) is 26.0 Å². The zero-order chi connectivity index (χ0) is 10.6. The Hall–Kier alpha value is -0.890. The summed E-state index contributed by atoms with van der Waals surface area (Å²) >= 11 is 0. The fourth-order valence-electron chi connectivity index (χ4n) is 2.28. The van der Waals surface area contributed by atoms with Crippen LogP contribution in [0.1, 0.15) is 31.4 Å². The van der Waals surface area contributed by atoms with Crippen molar-refractivity contribution >= 4 is 0 Å². The Morgan fingerprint density at radius 2 is 1.93 bits per heavy atom. The fourth-order valence-corrected chi connectivity index (χ4v) is 2.28. The minimum atomic E-state index is -0.456. The van der Waals surface area contributed by atoms with Gasteiger partial charge in [0.05, 0.1) is 0 Å². The minimum Gasteiger partial charge on any atom is -0.321 e. The maximum Gasteiger partial charge on any atom is 0.128 e. The van der Waals surface area contributed by atoms with Gasteiger partial charge in [-0.05, 0) is 30.4 Å². The standard InChI is InChI=1S/C12H16FN/c1-8-5-4-6-9(13)10(8)12(14)7-11(12,2)3/h4-6H,7,14H2,1-3H3. The van der Waals surface area contributed by atoms with E-state index in [9.17, 15) is 4.39 Å². The highest BCUT2D eigenvalue weighted by Gasteiger charge is 2.60. The maximum absolute atomic E-state index is 13.6. The molecule has 0 bridgehead atoms. The number of hydrogen-bond acceptors (Lipinski definition) is 1. The third-order valence-corrected chi connectivity index (χ3v) is 3.47. The molecule has 14 heavy (non-hydrogen) atoms. The Labute approximate surface area is 84.1 Å². The van der Waals surface area contributed by atoms with Gasteiger partial charge in [-0.2, -0.15) is 0 Å². The van der Waals surface area contributed by atoms with Crippen LogP contribution in [0.4, 0.5) is 4.39 Å². The van der Waals surface area contributed by atoms with Gasteiger partial charge >= 0.3 is 0 Å². The van der Waals surface area contributed by atoms with Crippen molar-refractivity contribution in [1.82, 2.24) is 0 Å². The number of nitrogens with two attached hydrogens (primary N) is 1. The first-order valence-corrected chi connectivity index (χ1v) is 4.93. The molecule has 1 unspecified atom stereocenters. The summed E-state index contributed by atoms with van der Waals surface area (Å²) in [5, 5.41) is 0. The number of benzene rings is 1. The summed E-state index contributed by atoms with van der Waals surface area (Å²) < 4.78 is 13.6. The van der Waals surface area contributed by atoms with E-state index in [0.717, 1.165) is 12.0 Å². The zero-order valence-corrected chi connectivity index (χ0v) is 8.89. The van der Waals surface area contributed by atoms with Crippen molar-refractivity contribution in [2.45, 2.75) is 32.7 Å². The molecule has 1 aliphatic rings. The summed E-state index contributed by atoms with van der Waals surface area (Å²) in [5.41, 5.74) is 7.43. The molecular weight excluding hydrogens is 177 g/mol. The summed E-state index contributed by atoms with van der Waals surface area (Å²) in [6.45, 7) is 6.08. The molecule has 1 atom stereocenters. The monoisotopic (exact) mass is 193 g/mol. The number of rotatable bonds is 1. The Balaban J connectivity index is 2.54. The van der Waals surface area contributed by atoms with Crippen LogP contribution in [0.3, 0.4) is 0 Å². The van der Waals surface area contributed by atoms with Crippen molar-refractivity contribution in [2.75, 3.05) is 0 Å². The van der Waals surface area contributed by atoms with Gasteiger partial charge in [0.25, 0.3) is 0 Å². The van der Waals surface area contributed by atoms with Crippen molar-refractivity contribution in [2.24, 2.45) is 11.1 Å². The first kappa shape index (κ1) is 9.66. The van der Waals surface area contributed by atoms with Crippen LogP contribution in [-0.4, -0.2) is 0 Å². The molecule has 0 spiro atoms. The van der Waals surface area contributed by atoms with E-state index >= 15 is 0 Å². The van der Waals surface area contributed by atoms with Crippen molar-refractivity contribution in [3.05, 3.63) is 35.1 Å². The summed E-state index contributed by atoms with van der Waals surface area (Å²) in [4.78, 5) is 0. The molecule has 1 saturated carbocycles. The fraction of sp³-hybridized carbons (Fsp3) is 0.500. The van der Waals surface area contributed by atoms with Crippen LogP contribution in [-0.2, 0) is 5.54 Å². The zero-order valence-electron chi connectivity index (χ0n) is 8.89. The number of hydrogen-bond donors (Lipinski definition) is 1. The molecule has 1 aliphatic carbocycles. The highest BCUT2D eigenvalue weighted by molar-refractivity contribution is 5.41. The van der Waals surface area contributed by atoms with E-state index in [4.69, 9.17) is 5.73 Å². The third kappa shape index (κ3) is 1.10. The topological polar surface area (TPSA) is 26.0 Å². The Morgan fingerprint density at radius 3 is 2.36 bits per heavy atom. The average Bonchev–Trinajstić information content (AvgIpc) is 2.50. The van der Waals surface area contributed by atoms with Crippen molar-refractivity contribution in [1.29, 1.82) is 0 Å². The normalized spacial score (nSPS) is 28.9. The molecule has 0 amide bonds. The molecule has 1 aromatic carbocycles. The number of halogens is 1. The SMILES string of the molecule is Cc1cccc(F)c1C1(N)CC1(C)C. The van der Waals surface area contributed by atoms with E-state index in [-0.39, 0.29) is 11.2 Å². The van der Waals surface area contributed by atoms with Crippen LogP contribution >= 0.6 is 0 Å². The summed E-state index contributed by atoms with van der Waals surface area (Å²) in [7, 11) is 0. The van der Waals surface area contributed by atoms with E-state index in [0.29, 0.717) is 5.56 Å². The second kappa shape index (κ2) is 2.57. The molecular formula is C12H16FN. The Kier molecular flexibility index (Phi) is 1.77. The first-order chi connectivity index (χ1) is 6.38. The molecule has 0 aliphatic heterocycles. The van der Waals surface area contributed by atoms with Crippen molar-refractivity contribution < 1.29 is 4.39 Å². The predicted molar refractivity (Wildman–Crippen MR) is 55.4 cm³/mol. The van der Waals surface area contributed by atoms with Crippen LogP contribution in [0.15, 0.2) is 18.2 Å². The van der Waals surface area contributed by atoms with Gasteiger partial charge in [0, 0.05) is 11.1 Å². The van der Waals surface area contributed by atoms with Crippen LogP contribution in [0.5, 0.6) is 0 Å². The van der Waals surface area contributed by atoms with Crippen molar-refractivity contribution in [3.8, 4) is 0 Å². The lowest BCUT2D eigenvalue weighted by molar-refractivity contribution is 0.480. The van der Waals surface area contributed by atoms with E-state index in [1.165, 1.54) is 6.07 Å². The second-order valence-corrected chi connectivity index (χ2v) is 4.96. The molecule has 76 valence electrons. The van der Waals surface area contributed by atoms with Gasteiger partial charge < -0.3 is 5.73 Å². The lowest BCUT2D eigenvalue weighted by Crippen LogP contribution is -2.27. The predicted octanol–water partition coefficient (Wildman–Crippen LogP) is 2.72.